The minimum Gasteiger partial charge on any atom is -0.489 e. The largest absolute Gasteiger partial charge is 0.489 e. The molecular weight excluding hydrogens is 735 g/mol. The highest BCUT2D eigenvalue weighted by atomic mass is 35.5. The van der Waals surface area contributed by atoms with Gasteiger partial charge in [0.1, 0.15) is 18.7 Å². The number of ether oxygens (including phenoxy) is 1. The second-order valence-corrected chi connectivity index (χ2v) is 15.7. The fourth-order valence-corrected chi connectivity index (χ4v) is 7.13. The van der Waals surface area contributed by atoms with Crippen LogP contribution in [0.2, 0.25) is 0 Å². The van der Waals surface area contributed by atoms with E-state index >= 15 is 4.39 Å². The van der Waals surface area contributed by atoms with Crippen LogP contribution in [-0.4, -0.2) is 76.0 Å². The lowest BCUT2D eigenvalue weighted by molar-refractivity contribution is -0.144. The molecule has 5 atom stereocenters. The molecule has 4 rings (SSSR count). The number of hydrogen-bond acceptors (Lipinski definition) is 9. The molecule has 4 amide bonds. The Labute approximate surface area is 327 Å². The predicted molar refractivity (Wildman–Crippen MR) is 209 cm³/mol. The standard InChI is InChI=1S/C39H53FN6O6S.ClH/c1-23(25-13-15-27(16-14-25)35-24(2)43-22-53-35)44-37(50)30-19-29(47)20-46(30)38(51)36(39(3,4)5)45-33(49)12-7-6-9-26-10-8-11-31(34(26)40)52-21-28(41)17-18-32(42)48;/h8,10-11,13-16,22-23,28-30,36,47H,6-7,9,12,17-21,41H2,1-5H3,(H2,42,48)(H,44,50)(H,45,49);1H/t23-,28-,29+,30-,36+;/m0./s1. The van der Waals surface area contributed by atoms with E-state index < -0.39 is 47.3 Å². The van der Waals surface area contributed by atoms with Crippen molar-refractivity contribution in [1.82, 2.24) is 20.5 Å². The SMILES string of the molecule is Cc1ncsc1-c1ccc([C@H](C)NC(=O)[C@@H]2C[C@@H](O)CN2C(=O)[C@@H](NC(=O)CCCCc2cccc(OC[C@@H](N)CCC(N)=O)c2F)C(C)(C)C)cc1.Cl. The monoisotopic (exact) mass is 788 g/mol. The van der Waals surface area contributed by atoms with Crippen LogP contribution < -0.4 is 26.8 Å². The fraction of sp³-hybridized carbons (Fsp3) is 0.513. The van der Waals surface area contributed by atoms with Crippen LogP contribution in [0.3, 0.4) is 0 Å². The number of rotatable bonds is 17. The van der Waals surface area contributed by atoms with Gasteiger partial charge in [-0.25, -0.2) is 9.37 Å². The molecule has 1 aliphatic rings. The molecule has 0 unspecified atom stereocenters. The first-order valence-electron chi connectivity index (χ1n) is 18.1. The Kier molecular flexibility index (Phi) is 16.4. The van der Waals surface area contributed by atoms with E-state index in [4.69, 9.17) is 16.2 Å². The minimum absolute atomic E-state index is 0. The molecule has 0 bridgehead atoms. The van der Waals surface area contributed by atoms with Crippen LogP contribution in [0.4, 0.5) is 4.39 Å². The number of nitrogens with two attached hydrogens (primary N) is 2. The lowest BCUT2D eigenvalue weighted by Gasteiger charge is -2.35. The van der Waals surface area contributed by atoms with Crippen LogP contribution in [0.15, 0.2) is 48.0 Å². The van der Waals surface area contributed by atoms with E-state index in [1.165, 1.54) is 11.0 Å². The maximum atomic E-state index is 15.1. The number of aromatic nitrogens is 1. The number of aryl methyl sites for hydroxylation is 2. The third-order valence-electron chi connectivity index (χ3n) is 9.42. The summed E-state index contributed by atoms with van der Waals surface area (Å²) in [5, 5.41) is 16.5. The number of primary amides is 1. The van der Waals surface area contributed by atoms with Crippen molar-refractivity contribution in [2.24, 2.45) is 16.9 Å². The van der Waals surface area contributed by atoms with Crippen LogP contribution in [-0.2, 0) is 25.6 Å². The van der Waals surface area contributed by atoms with Gasteiger partial charge in [-0.1, -0.05) is 57.2 Å². The van der Waals surface area contributed by atoms with Crippen molar-refractivity contribution in [2.75, 3.05) is 13.2 Å². The highest BCUT2D eigenvalue weighted by molar-refractivity contribution is 7.13. The molecule has 1 saturated heterocycles. The Hall–Kier alpha value is -4.11. The summed E-state index contributed by atoms with van der Waals surface area (Å²) in [7, 11) is 0. The summed E-state index contributed by atoms with van der Waals surface area (Å²) in [6.07, 6.45) is 1.08. The zero-order valence-electron chi connectivity index (χ0n) is 31.6. The number of likely N-dealkylation sites (tertiary alicyclic amines) is 1. The van der Waals surface area contributed by atoms with Gasteiger partial charge in [-0.15, -0.1) is 23.7 Å². The van der Waals surface area contributed by atoms with Gasteiger partial charge in [0.05, 0.1) is 28.2 Å². The smallest absolute Gasteiger partial charge is 0.246 e. The first kappa shape index (κ1) is 44.3. The van der Waals surface area contributed by atoms with Crippen molar-refractivity contribution in [2.45, 2.75) is 110 Å². The van der Waals surface area contributed by atoms with Crippen LogP contribution in [0.1, 0.15) is 89.1 Å². The molecule has 0 saturated carbocycles. The molecule has 3 aromatic rings. The molecular formula is C39H54ClFN6O6S. The van der Waals surface area contributed by atoms with Crippen LogP contribution in [0.25, 0.3) is 10.4 Å². The normalized spacial score (nSPS) is 17.2. The Morgan fingerprint density at radius 2 is 1.80 bits per heavy atom. The maximum Gasteiger partial charge on any atom is 0.246 e. The van der Waals surface area contributed by atoms with Gasteiger partial charge in [0.2, 0.25) is 23.6 Å². The van der Waals surface area contributed by atoms with E-state index in [9.17, 15) is 24.3 Å². The summed E-state index contributed by atoms with van der Waals surface area (Å²) < 4.78 is 20.6. The van der Waals surface area contributed by atoms with Crippen molar-refractivity contribution in [1.29, 1.82) is 0 Å². The van der Waals surface area contributed by atoms with Gasteiger partial charge in [0, 0.05) is 31.8 Å². The van der Waals surface area contributed by atoms with Crippen molar-refractivity contribution < 1.29 is 33.4 Å². The number of halogens is 2. The quantitative estimate of drug-likeness (QED) is 0.121. The van der Waals surface area contributed by atoms with Crippen molar-refractivity contribution in [3.63, 3.8) is 0 Å². The third-order valence-corrected chi connectivity index (χ3v) is 10.4. The first-order valence-corrected chi connectivity index (χ1v) is 19.0. The number of aliphatic hydroxyl groups is 1. The van der Waals surface area contributed by atoms with E-state index in [2.05, 4.69) is 15.6 Å². The Morgan fingerprint density at radius 3 is 2.43 bits per heavy atom. The molecule has 12 nitrogen and oxygen atoms in total. The average molecular weight is 789 g/mol. The number of carbonyl (C=O) groups is 4. The van der Waals surface area contributed by atoms with E-state index in [1.807, 2.05) is 64.4 Å². The summed E-state index contributed by atoms with van der Waals surface area (Å²) in [6, 6.07) is 10.1. The molecule has 0 radical (unpaired) electrons. The van der Waals surface area contributed by atoms with Crippen molar-refractivity contribution in [3.05, 3.63) is 70.6 Å². The van der Waals surface area contributed by atoms with E-state index in [1.54, 1.807) is 23.5 Å². The number of unbranched alkanes of at least 4 members (excludes halogenated alkanes) is 1. The molecule has 1 aliphatic heterocycles. The maximum absolute atomic E-state index is 15.1. The number of nitrogens with one attached hydrogen (secondary N) is 2. The number of hydrogen-bond donors (Lipinski definition) is 5. The van der Waals surface area contributed by atoms with Crippen LogP contribution in [0, 0.1) is 18.2 Å². The Balaban J connectivity index is 0.00000784. The summed E-state index contributed by atoms with van der Waals surface area (Å²) in [6.45, 7) is 9.34. The van der Waals surface area contributed by atoms with Gasteiger partial charge in [-0.3, -0.25) is 19.2 Å². The number of β-amino-alcohol motifs (C(OH)–C–C–N with tert-alkyl or cyclic N) is 1. The van der Waals surface area contributed by atoms with Gasteiger partial charge >= 0.3 is 0 Å². The van der Waals surface area contributed by atoms with E-state index in [0.717, 1.165) is 21.7 Å². The summed E-state index contributed by atoms with van der Waals surface area (Å²) in [4.78, 5) is 58.5. The zero-order chi connectivity index (χ0) is 38.9. The Morgan fingerprint density at radius 1 is 1.09 bits per heavy atom. The highest BCUT2D eigenvalue weighted by Gasteiger charge is 2.44. The van der Waals surface area contributed by atoms with E-state index in [-0.39, 0.29) is 68.4 Å². The number of aliphatic hydroxyl groups excluding tert-OH is 1. The average Bonchev–Trinajstić information content (AvgIpc) is 3.72. The second-order valence-electron chi connectivity index (χ2n) is 14.9. The molecule has 7 N–H and O–H groups in total. The molecule has 296 valence electrons. The van der Waals surface area contributed by atoms with Gasteiger partial charge < -0.3 is 36.8 Å². The summed E-state index contributed by atoms with van der Waals surface area (Å²) in [5.41, 5.74) is 15.5. The minimum atomic E-state index is -0.948. The molecule has 2 aromatic carbocycles. The van der Waals surface area contributed by atoms with Gasteiger partial charge in [0.15, 0.2) is 11.6 Å². The predicted octanol–water partition coefficient (Wildman–Crippen LogP) is 4.73. The number of nitrogens with zero attached hydrogens (tertiary/aromatic N) is 2. The molecule has 0 aliphatic carbocycles. The molecule has 54 heavy (non-hydrogen) atoms. The Bertz CT molecular complexity index is 1730. The molecule has 0 spiro atoms. The summed E-state index contributed by atoms with van der Waals surface area (Å²) >= 11 is 1.57. The van der Waals surface area contributed by atoms with Gasteiger partial charge in [-0.2, -0.15) is 0 Å². The van der Waals surface area contributed by atoms with Crippen LogP contribution >= 0.6 is 23.7 Å². The molecule has 2 heterocycles. The fourth-order valence-electron chi connectivity index (χ4n) is 6.32. The topological polar surface area (TPSA) is 190 Å². The van der Waals surface area contributed by atoms with Gasteiger partial charge in [0.25, 0.3) is 0 Å². The summed E-state index contributed by atoms with van der Waals surface area (Å²) in [5.74, 6) is -2.06. The van der Waals surface area contributed by atoms with Crippen molar-refractivity contribution in [3.8, 4) is 16.2 Å². The molecule has 1 fully saturated rings. The number of thiazole rings is 1. The zero-order valence-corrected chi connectivity index (χ0v) is 33.2. The second kappa shape index (κ2) is 20.0. The van der Waals surface area contributed by atoms with Gasteiger partial charge in [-0.05, 0) is 67.7 Å². The molecule has 15 heteroatoms. The number of carbonyl (C=O) groups excluding carboxylic acids is 4. The highest BCUT2D eigenvalue weighted by Crippen LogP contribution is 2.30. The first-order chi connectivity index (χ1) is 25.0. The number of benzene rings is 2. The lowest BCUT2D eigenvalue weighted by Crippen LogP contribution is -2.57. The van der Waals surface area contributed by atoms with Crippen molar-refractivity contribution >= 4 is 47.4 Å². The molecule has 1 aromatic heterocycles. The van der Waals surface area contributed by atoms with Crippen LogP contribution in [0.5, 0.6) is 5.75 Å². The third kappa shape index (κ3) is 12.2. The lowest BCUT2D eigenvalue weighted by atomic mass is 9.85. The number of amides is 4. The van der Waals surface area contributed by atoms with E-state index in [0.29, 0.717) is 31.2 Å².